The summed E-state index contributed by atoms with van der Waals surface area (Å²) in [6.07, 6.45) is -9.65. The summed E-state index contributed by atoms with van der Waals surface area (Å²) >= 11 is 0. The second-order valence-corrected chi connectivity index (χ2v) is 11.1. The van der Waals surface area contributed by atoms with Crippen LogP contribution in [0.25, 0.3) is 0 Å². The summed E-state index contributed by atoms with van der Waals surface area (Å²) in [5.74, 6) is -3.62. The number of hydrogen-bond donors (Lipinski definition) is 2. The van der Waals surface area contributed by atoms with Gasteiger partial charge >= 0.3 is 18.7 Å². The lowest BCUT2D eigenvalue weighted by Gasteiger charge is -2.43. The van der Waals surface area contributed by atoms with E-state index in [1.165, 1.54) is 13.2 Å². The average molecular weight is 711 g/mol. The van der Waals surface area contributed by atoms with Crippen LogP contribution in [0.2, 0.25) is 0 Å². The SMILES string of the molecule is C=C(/C=C(\C=C\F)OC(F)(F)C(F)F)[C@](Cc1ccccc1)(NC(=O)C1=CC(C(F)(F)F)=CCC1)C1C=CC(F)=C(CNCCOC)C1.F. The van der Waals surface area contributed by atoms with Crippen LogP contribution in [0.5, 0.6) is 0 Å². The van der Waals surface area contributed by atoms with E-state index in [1.807, 2.05) is 0 Å². The Kier molecular flexibility index (Phi) is 15.1. The quantitative estimate of drug-likeness (QED) is 0.0785. The number of halogens is 10. The van der Waals surface area contributed by atoms with Crippen molar-refractivity contribution < 1.29 is 58.5 Å². The zero-order valence-corrected chi connectivity index (χ0v) is 26.3. The van der Waals surface area contributed by atoms with Crippen molar-refractivity contribution in [3.63, 3.8) is 0 Å². The number of alkyl halides is 7. The van der Waals surface area contributed by atoms with E-state index in [4.69, 9.17) is 4.74 Å². The molecule has 2 aliphatic rings. The number of hydrogen-bond acceptors (Lipinski definition) is 4. The lowest BCUT2D eigenvalue weighted by atomic mass is 9.69. The minimum atomic E-state index is -5.05. The molecule has 3 rings (SSSR count). The van der Waals surface area contributed by atoms with Crippen molar-refractivity contribution in [1.29, 1.82) is 0 Å². The molecule has 0 aromatic heterocycles. The highest BCUT2D eigenvalue weighted by Gasteiger charge is 2.46. The first-order chi connectivity index (χ1) is 22.6. The number of benzene rings is 1. The monoisotopic (exact) mass is 710 g/mol. The molecule has 0 saturated carbocycles. The van der Waals surface area contributed by atoms with E-state index in [2.05, 4.69) is 21.9 Å². The molecule has 49 heavy (non-hydrogen) atoms. The van der Waals surface area contributed by atoms with Gasteiger partial charge in [0.1, 0.15) is 11.6 Å². The molecule has 2 N–H and O–H groups in total. The van der Waals surface area contributed by atoms with Crippen molar-refractivity contribution in [2.45, 2.75) is 49.9 Å². The van der Waals surface area contributed by atoms with Gasteiger partial charge in [0.2, 0.25) is 5.91 Å². The first kappa shape index (κ1) is 41.1. The number of amides is 1. The van der Waals surface area contributed by atoms with Crippen LogP contribution in [0.15, 0.2) is 114 Å². The Bertz CT molecular complexity index is 1480. The van der Waals surface area contributed by atoms with Gasteiger partial charge in [-0.15, -0.1) is 0 Å². The minimum Gasteiger partial charge on any atom is -0.428 e. The molecular weight excluding hydrogens is 674 g/mol. The number of nitrogens with one attached hydrogen (secondary N) is 2. The molecule has 2 aliphatic carbocycles. The maximum absolute atomic E-state index is 15.1. The Morgan fingerprint density at radius 1 is 1.14 bits per heavy atom. The van der Waals surface area contributed by atoms with Crippen molar-refractivity contribution in [2.75, 3.05) is 26.8 Å². The Morgan fingerprint density at radius 2 is 1.84 bits per heavy atom. The molecule has 0 aliphatic heterocycles. The largest absolute Gasteiger partial charge is 0.461 e. The summed E-state index contributed by atoms with van der Waals surface area (Å²) in [5, 5.41) is 5.75. The number of allylic oxidation sites excluding steroid dienone is 6. The molecule has 0 spiro atoms. The van der Waals surface area contributed by atoms with Gasteiger partial charge in [0, 0.05) is 44.2 Å². The summed E-state index contributed by atoms with van der Waals surface area (Å²) in [4.78, 5) is 13.8. The lowest BCUT2D eigenvalue weighted by molar-refractivity contribution is -0.279. The van der Waals surface area contributed by atoms with Gasteiger partial charge in [-0.3, -0.25) is 9.50 Å². The highest BCUT2D eigenvalue weighted by atomic mass is 19.4. The number of rotatable bonds is 16. The van der Waals surface area contributed by atoms with E-state index >= 15 is 4.39 Å². The van der Waals surface area contributed by atoms with E-state index in [9.17, 15) is 39.9 Å². The fraction of sp³-hybridized carbons (Fsp3) is 0.382. The third kappa shape index (κ3) is 11.2. The van der Waals surface area contributed by atoms with E-state index in [1.54, 1.807) is 30.3 Å². The molecule has 0 saturated heterocycles. The predicted octanol–water partition coefficient (Wildman–Crippen LogP) is 8.28. The third-order valence-corrected chi connectivity index (χ3v) is 7.75. The van der Waals surface area contributed by atoms with Gasteiger partial charge in [0.25, 0.3) is 0 Å². The Morgan fingerprint density at radius 3 is 2.45 bits per heavy atom. The first-order valence-electron chi connectivity index (χ1n) is 14.8. The van der Waals surface area contributed by atoms with Crippen LogP contribution in [-0.2, 0) is 20.7 Å². The van der Waals surface area contributed by atoms with Crippen molar-refractivity contribution >= 4 is 5.91 Å². The average Bonchev–Trinajstić information content (AvgIpc) is 3.03. The maximum atomic E-state index is 15.1. The van der Waals surface area contributed by atoms with Gasteiger partial charge in [-0.25, -0.2) is 8.78 Å². The van der Waals surface area contributed by atoms with Crippen LogP contribution in [0.4, 0.5) is 44.2 Å². The second-order valence-electron chi connectivity index (χ2n) is 11.1. The predicted molar refractivity (Wildman–Crippen MR) is 165 cm³/mol. The normalized spacial score (nSPS) is 18.5. The molecule has 1 aromatic rings. The van der Waals surface area contributed by atoms with E-state index in [-0.39, 0.29) is 60.0 Å². The molecule has 1 unspecified atom stereocenters. The molecule has 0 bridgehead atoms. The zero-order valence-electron chi connectivity index (χ0n) is 26.3. The summed E-state index contributed by atoms with van der Waals surface area (Å²) in [6.45, 7) is 4.61. The number of carbonyl (C=O) groups excluding carboxylic acids is 1. The molecular formula is C34H36F10N2O3. The highest BCUT2D eigenvalue weighted by molar-refractivity contribution is 5.95. The number of carbonyl (C=O) groups is 1. The minimum absolute atomic E-state index is 0. The van der Waals surface area contributed by atoms with E-state index in [0.29, 0.717) is 30.9 Å². The molecule has 0 fully saturated rings. The van der Waals surface area contributed by atoms with E-state index < -0.39 is 53.2 Å². The van der Waals surface area contributed by atoms with Crippen molar-refractivity contribution in [1.82, 2.24) is 10.6 Å². The molecule has 1 aromatic carbocycles. The first-order valence-corrected chi connectivity index (χ1v) is 14.8. The Hall–Kier alpha value is -4.11. The summed E-state index contributed by atoms with van der Waals surface area (Å²) in [5.41, 5.74) is -2.67. The van der Waals surface area contributed by atoms with Crippen molar-refractivity contribution in [3.05, 3.63) is 119 Å². The fourth-order valence-corrected chi connectivity index (χ4v) is 5.31. The second kappa shape index (κ2) is 18.0. The summed E-state index contributed by atoms with van der Waals surface area (Å²) < 4.78 is 132. The Balaban J connectivity index is 0.00000833. The lowest BCUT2D eigenvalue weighted by Crippen LogP contribution is -2.57. The van der Waals surface area contributed by atoms with Gasteiger partial charge in [0.05, 0.1) is 24.0 Å². The molecule has 0 radical (unpaired) electrons. The summed E-state index contributed by atoms with van der Waals surface area (Å²) in [7, 11) is 1.48. The zero-order chi connectivity index (χ0) is 35.5. The molecule has 15 heteroatoms. The number of ether oxygens (including phenoxy) is 2. The van der Waals surface area contributed by atoms with Gasteiger partial charge in [-0.1, -0.05) is 49.1 Å². The third-order valence-electron chi connectivity index (χ3n) is 7.75. The number of methoxy groups -OCH3 is 1. The van der Waals surface area contributed by atoms with Gasteiger partial charge in [0.15, 0.2) is 0 Å². The van der Waals surface area contributed by atoms with Crippen molar-refractivity contribution in [2.24, 2.45) is 5.92 Å². The van der Waals surface area contributed by atoms with Crippen LogP contribution in [0.1, 0.15) is 24.8 Å². The van der Waals surface area contributed by atoms with Gasteiger partial charge < -0.3 is 20.1 Å². The van der Waals surface area contributed by atoms with Crippen LogP contribution in [-0.4, -0.2) is 57.0 Å². The standard InChI is InChI=1S/C34H35F9N2O3.FH/c1-22(17-28(13-14-35)48-34(42,43)31(37)38)32(20-23-7-4-3-5-8-23,26-11-12-29(36)25(19-26)21-44-15-16-47-2)45-30(46)24-9-6-10-27(18-24)33(39,40)41;/h3-5,7-8,10-14,17-18,26,31,44H,1,6,9,15-16,19-21H2,2H3,(H,45,46);1H/b14-13+,28-17+;/t26?,32-;/m0./s1. The fourth-order valence-electron chi connectivity index (χ4n) is 5.31. The summed E-state index contributed by atoms with van der Waals surface area (Å²) in [6, 6.07) is 8.26. The van der Waals surface area contributed by atoms with Crippen LogP contribution < -0.4 is 10.6 Å². The van der Waals surface area contributed by atoms with Gasteiger partial charge in [-0.2, -0.15) is 30.7 Å². The molecule has 5 nitrogen and oxygen atoms in total. The topological polar surface area (TPSA) is 59.6 Å². The maximum Gasteiger partial charge on any atom is 0.461 e. The Labute approximate surface area is 277 Å². The molecule has 1 amide bonds. The van der Waals surface area contributed by atoms with Crippen LogP contribution >= 0.6 is 0 Å². The molecule has 0 heterocycles. The molecule has 2 atom stereocenters. The van der Waals surface area contributed by atoms with Crippen LogP contribution in [0, 0.1) is 5.92 Å². The van der Waals surface area contributed by atoms with E-state index in [0.717, 1.165) is 18.2 Å². The van der Waals surface area contributed by atoms with Crippen molar-refractivity contribution in [3.8, 4) is 0 Å². The van der Waals surface area contributed by atoms with Crippen LogP contribution in [0.3, 0.4) is 0 Å². The van der Waals surface area contributed by atoms with Gasteiger partial charge in [-0.05, 0) is 54.2 Å². The highest BCUT2D eigenvalue weighted by Crippen LogP contribution is 2.41. The smallest absolute Gasteiger partial charge is 0.428 e. The molecule has 270 valence electrons.